The second kappa shape index (κ2) is 5.43. The van der Waals surface area contributed by atoms with E-state index in [-0.39, 0.29) is 6.42 Å². The normalized spacial score (nSPS) is 17.5. The van der Waals surface area contributed by atoms with Crippen molar-refractivity contribution < 1.29 is 9.90 Å². The standard InChI is InChI=1S/C11H16N2O2S/c14-11(15)6-10-5-9(8-16-10)7-13-3-1-12-2-4-13/h5,8,12H,1-4,6-7H2,(H,14,15). The number of aliphatic carboxylic acids is 1. The van der Waals surface area contributed by atoms with E-state index in [9.17, 15) is 4.79 Å². The minimum atomic E-state index is -0.754. The second-order valence-electron chi connectivity index (χ2n) is 4.02. The van der Waals surface area contributed by atoms with E-state index in [1.807, 2.05) is 6.07 Å². The fourth-order valence-corrected chi connectivity index (χ4v) is 2.75. The number of hydrogen-bond donors (Lipinski definition) is 2. The summed E-state index contributed by atoms with van der Waals surface area (Å²) in [6, 6.07) is 2.01. The van der Waals surface area contributed by atoms with E-state index >= 15 is 0 Å². The summed E-state index contributed by atoms with van der Waals surface area (Å²) in [5.74, 6) is -0.754. The van der Waals surface area contributed by atoms with Gasteiger partial charge in [0.05, 0.1) is 6.42 Å². The summed E-state index contributed by atoms with van der Waals surface area (Å²) in [7, 11) is 0. The van der Waals surface area contributed by atoms with Crippen molar-refractivity contribution in [3.05, 3.63) is 21.9 Å². The van der Waals surface area contributed by atoms with Crippen molar-refractivity contribution in [2.24, 2.45) is 0 Å². The third kappa shape index (κ3) is 3.30. The number of piperazine rings is 1. The molecule has 5 heteroatoms. The van der Waals surface area contributed by atoms with Crippen LogP contribution in [0.25, 0.3) is 0 Å². The van der Waals surface area contributed by atoms with E-state index in [0.29, 0.717) is 0 Å². The summed E-state index contributed by atoms with van der Waals surface area (Å²) < 4.78 is 0. The number of hydrogen-bond acceptors (Lipinski definition) is 4. The smallest absolute Gasteiger partial charge is 0.308 e. The fraction of sp³-hybridized carbons (Fsp3) is 0.545. The Kier molecular flexibility index (Phi) is 3.93. The number of nitrogens with zero attached hydrogens (tertiary/aromatic N) is 1. The maximum atomic E-state index is 10.6. The lowest BCUT2D eigenvalue weighted by atomic mass is 10.2. The van der Waals surface area contributed by atoms with Crippen LogP contribution >= 0.6 is 11.3 Å². The number of carboxylic acid groups (broad SMARTS) is 1. The second-order valence-corrected chi connectivity index (χ2v) is 5.01. The van der Waals surface area contributed by atoms with Gasteiger partial charge < -0.3 is 10.4 Å². The van der Waals surface area contributed by atoms with Gasteiger partial charge in [0.2, 0.25) is 0 Å². The van der Waals surface area contributed by atoms with Gasteiger partial charge in [-0.3, -0.25) is 9.69 Å². The van der Waals surface area contributed by atoms with E-state index in [2.05, 4.69) is 15.6 Å². The molecule has 0 bridgehead atoms. The van der Waals surface area contributed by atoms with Gasteiger partial charge in [-0.1, -0.05) is 0 Å². The van der Waals surface area contributed by atoms with E-state index in [1.54, 1.807) is 11.3 Å². The third-order valence-electron chi connectivity index (χ3n) is 2.65. The SMILES string of the molecule is O=C(O)Cc1cc(CN2CCNCC2)cs1. The average Bonchev–Trinajstić information content (AvgIpc) is 2.66. The van der Waals surface area contributed by atoms with Gasteiger partial charge >= 0.3 is 5.97 Å². The lowest BCUT2D eigenvalue weighted by molar-refractivity contribution is -0.136. The highest BCUT2D eigenvalue weighted by molar-refractivity contribution is 7.10. The monoisotopic (exact) mass is 240 g/mol. The molecule has 1 aliphatic rings. The molecule has 0 atom stereocenters. The highest BCUT2D eigenvalue weighted by Crippen LogP contribution is 2.17. The van der Waals surface area contributed by atoms with Crippen LogP contribution in [-0.2, 0) is 17.8 Å². The lowest BCUT2D eigenvalue weighted by Crippen LogP contribution is -2.42. The summed E-state index contributed by atoms with van der Waals surface area (Å²) in [5, 5.41) is 14.1. The van der Waals surface area contributed by atoms with Crippen molar-refractivity contribution in [1.29, 1.82) is 0 Å². The Morgan fingerprint density at radius 3 is 2.94 bits per heavy atom. The van der Waals surface area contributed by atoms with Crippen LogP contribution in [0.2, 0.25) is 0 Å². The topological polar surface area (TPSA) is 52.6 Å². The molecule has 0 amide bonds. The van der Waals surface area contributed by atoms with Crippen molar-refractivity contribution in [3.63, 3.8) is 0 Å². The Bertz CT molecular complexity index is 359. The van der Waals surface area contributed by atoms with Crippen LogP contribution in [0.3, 0.4) is 0 Å². The molecule has 1 aliphatic heterocycles. The Morgan fingerprint density at radius 2 is 2.25 bits per heavy atom. The molecule has 0 spiro atoms. The summed E-state index contributed by atoms with van der Waals surface area (Å²) in [4.78, 5) is 13.9. The van der Waals surface area contributed by atoms with Gasteiger partial charge in [-0.25, -0.2) is 0 Å². The first-order valence-corrected chi connectivity index (χ1v) is 6.33. The molecule has 1 aromatic heterocycles. The Hall–Kier alpha value is -0.910. The van der Waals surface area contributed by atoms with Crippen molar-refractivity contribution in [2.45, 2.75) is 13.0 Å². The number of rotatable bonds is 4. The third-order valence-corrected chi connectivity index (χ3v) is 3.63. The summed E-state index contributed by atoms with van der Waals surface area (Å²) in [6.45, 7) is 5.18. The van der Waals surface area contributed by atoms with Crippen LogP contribution in [0.1, 0.15) is 10.4 Å². The molecule has 16 heavy (non-hydrogen) atoms. The van der Waals surface area contributed by atoms with Crippen LogP contribution in [0.4, 0.5) is 0 Å². The van der Waals surface area contributed by atoms with Crippen molar-refractivity contribution in [3.8, 4) is 0 Å². The highest BCUT2D eigenvalue weighted by atomic mass is 32.1. The molecule has 0 radical (unpaired) electrons. The predicted molar refractivity (Wildman–Crippen MR) is 63.8 cm³/mol. The summed E-state index contributed by atoms with van der Waals surface area (Å²) >= 11 is 1.54. The van der Waals surface area contributed by atoms with Gasteiger partial charge in [-0.05, 0) is 17.0 Å². The van der Waals surface area contributed by atoms with E-state index in [1.165, 1.54) is 5.56 Å². The Morgan fingerprint density at radius 1 is 1.50 bits per heavy atom. The molecule has 2 rings (SSSR count). The highest BCUT2D eigenvalue weighted by Gasteiger charge is 2.11. The molecule has 4 nitrogen and oxygen atoms in total. The van der Waals surface area contributed by atoms with Crippen LogP contribution < -0.4 is 5.32 Å². The maximum absolute atomic E-state index is 10.6. The summed E-state index contributed by atoms with van der Waals surface area (Å²) in [6.07, 6.45) is 0.145. The van der Waals surface area contributed by atoms with Gasteiger partial charge in [0.1, 0.15) is 0 Å². The molecule has 0 unspecified atom stereocenters. The fourth-order valence-electron chi connectivity index (χ4n) is 1.88. The summed E-state index contributed by atoms with van der Waals surface area (Å²) in [5.41, 5.74) is 1.24. The van der Waals surface area contributed by atoms with E-state index in [4.69, 9.17) is 5.11 Å². The zero-order valence-electron chi connectivity index (χ0n) is 9.11. The average molecular weight is 240 g/mol. The molecule has 1 fully saturated rings. The molecule has 0 aliphatic carbocycles. The molecule has 0 saturated carbocycles. The first kappa shape index (κ1) is 11.6. The minimum Gasteiger partial charge on any atom is -0.481 e. The number of nitrogens with one attached hydrogen (secondary N) is 1. The predicted octanol–water partition coefficient (Wildman–Crippen LogP) is 0.780. The van der Waals surface area contributed by atoms with Crippen LogP contribution in [0.15, 0.2) is 11.4 Å². The molecular weight excluding hydrogens is 224 g/mol. The van der Waals surface area contributed by atoms with Gasteiger partial charge in [-0.2, -0.15) is 0 Å². The molecular formula is C11H16N2O2S. The van der Waals surface area contributed by atoms with Crippen LogP contribution in [0, 0.1) is 0 Å². The molecule has 1 saturated heterocycles. The molecule has 0 aromatic carbocycles. The molecule has 1 aromatic rings. The Labute approximate surface area is 98.9 Å². The number of carboxylic acids is 1. The lowest BCUT2D eigenvalue weighted by Gasteiger charge is -2.26. The molecule has 2 N–H and O–H groups in total. The largest absolute Gasteiger partial charge is 0.481 e. The van der Waals surface area contributed by atoms with E-state index in [0.717, 1.165) is 37.6 Å². The first-order valence-electron chi connectivity index (χ1n) is 5.45. The van der Waals surface area contributed by atoms with Gasteiger partial charge in [0, 0.05) is 37.6 Å². The quantitative estimate of drug-likeness (QED) is 0.816. The van der Waals surface area contributed by atoms with Gasteiger partial charge in [0.15, 0.2) is 0 Å². The van der Waals surface area contributed by atoms with Crippen LogP contribution in [0.5, 0.6) is 0 Å². The first-order chi connectivity index (χ1) is 7.74. The maximum Gasteiger partial charge on any atom is 0.308 e. The van der Waals surface area contributed by atoms with Crippen LogP contribution in [-0.4, -0.2) is 42.2 Å². The molecule has 88 valence electrons. The Balaban J connectivity index is 1.88. The van der Waals surface area contributed by atoms with Crippen molar-refractivity contribution in [2.75, 3.05) is 26.2 Å². The van der Waals surface area contributed by atoms with Gasteiger partial charge in [-0.15, -0.1) is 11.3 Å². The van der Waals surface area contributed by atoms with Crippen molar-refractivity contribution in [1.82, 2.24) is 10.2 Å². The zero-order chi connectivity index (χ0) is 11.4. The number of carbonyl (C=O) groups is 1. The number of thiophene rings is 1. The zero-order valence-corrected chi connectivity index (χ0v) is 9.92. The minimum absolute atomic E-state index is 0.145. The molecule has 2 heterocycles. The van der Waals surface area contributed by atoms with Crippen molar-refractivity contribution >= 4 is 17.3 Å². The van der Waals surface area contributed by atoms with E-state index < -0.39 is 5.97 Å². The van der Waals surface area contributed by atoms with Gasteiger partial charge in [0.25, 0.3) is 0 Å².